The molecule has 0 heterocycles. The SMILES string of the molecule is [C-]#[N+]C1=C(c2ccc([N+]#[C-])c([N+]#[C-])c2)/C(=C(/C#N)[N+]#[C-])c2cc3c(cc21)/C(=C(/C#N)[N+]#[C-])C(c1ccc(C#N)c(C#N)c1)=C3C#N. The summed E-state index contributed by atoms with van der Waals surface area (Å²) in [4.78, 5) is 17.3. The van der Waals surface area contributed by atoms with Crippen molar-refractivity contribution in [1.82, 2.24) is 0 Å². The van der Waals surface area contributed by atoms with Crippen LogP contribution < -0.4 is 0 Å². The van der Waals surface area contributed by atoms with Gasteiger partial charge in [-0.3, -0.25) is 9.69 Å². The molecule has 2 aliphatic carbocycles. The van der Waals surface area contributed by atoms with Gasteiger partial charge in [-0.15, -0.1) is 0 Å². The van der Waals surface area contributed by atoms with Crippen LogP contribution in [-0.2, 0) is 0 Å². The fourth-order valence-electron chi connectivity index (χ4n) is 5.52. The molecule has 202 valence electrons. The van der Waals surface area contributed by atoms with Gasteiger partial charge >= 0.3 is 0 Å². The first-order valence-corrected chi connectivity index (χ1v) is 12.7. The van der Waals surface area contributed by atoms with Gasteiger partial charge < -0.3 is 0 Å². The van der Waals surface area contributed by atoms with E-state index in [1.165, 1.54) is 48.5 Å². The molecule has 5 rings (SSSR count). The predicted octanol–water partition coefficient (Wildman–Crippen LogP) is 8.09. The van der Waals surface area contributed by atoms with Gasteiger partial charge in [0.15, 0.2) is 11.4 Å². The van der Waals surface area contributed by atoms with Gasteiger partial charge in [-0.2, -0.15) is 15.8 Å². The quantitative estimate of drug-likeness (QED) is 0.222. The monoisotopic (exact) mass is 580 g/mol. The molecular weight excluding hydrogens is 572 g/mol. The molecule has 0 radical (unpaired) electrons. The molecule has 46 heavy (non-hydrogen) atoms. The van der Waals surface area contributed by atoms with Crippen LogP contribution in [0.5, 0.6) is 0 Å². The van der Waals surface area contributed by atoms with Gasteiger partial charge in [0, 0.05) is 5.57 Å². The lowest BCUT2D eigenvalue weighted by Crippen LogP contribution is -1.94. The molecule has 0 saturated carbocycles. The first-order valence-electron chi connectivity index (χ1n) is 12.7. The fraction of sp³-hybridized carbons (Fsp3) is 0. The Bertz CT molecular complexity index is 2360. The van der Waals surface area contributed by atoms with Crippen molar-refractivity contribution in [3.63, 3.8) is 0 Å². The van der Waals surface area contributed by atoms with Gasteiger partial charge in [0.25, 0.3) is 11.4 Å². The Morgan fingerprint density at radius 1 is 0.522 bits per heavy atom. The van der Waals surface area contributed by atoms with E-state index in [4.69, 9.17) is 32.9 Å². The molecule has 0 N–H and O–H groups in total. The number of nitrogens with zero attached hydrogens (tertiary/aromatic N) is 10. The maximum absolute atomic E-state index is 10.4. The average molecular weight is 581 g/mol. The molecule has 10 heteroatoms. The average Bonchev–Trinajstić information content (AvgIpc) is 3.59. The number of hydrogen-bond acceptors (Lipinski definition) is 5. The minimum atomic E-state index is -0.359. The van der Waals surface area contributed by atoms with Crippen LogP contribution in [-0.4, -0.2) is 0 Å². The lowest BCUT2D eigenvalue weighted by atomic mass is 9.91. The van der Waals surface area contributed by atoms with Crippen LogP contribution in [0.1, 0.15) is 44.5 Å². The van der Waals surface area contributed by atoms with Crippen molar-refractivity contribution in [3.05, 3.63) is 162 Å². The molecule has 0 spiro atoms. The van der Waals surface area contributed by atoms with E-state index in [9.17, 15) is 26.3 Å². The molecule has 0 aromatic heterocycles. The van der Waals surface area contributed by atoms with E-state index in [2.05, 4.69) is 30.3 Å². The van der Waals surface area contributed by atoms with Crippen LogP contribution in [0.4, 0.5) is 11.4 Å². The molecule has 0 aliphatic heterocycles. The van der Waals surface area contributed by atoms with Crippen molar-refractivity contribution < 1.29 is 0 Å². The zero-order valence-corrected chi connectivity index (χ0v) is 23.1. The summed E-state index contributed by atoms with van der Waals surface area (Å²) in [7, 11) is 0. The minimum Gasteiger partial charge on any atom is -0.250 e. The topological polar surface area (TPSA) is 141 Å². The third kappa shape index (κ3) is 4.11. The first kappa shape index (κ1) is 29.0. The highest BCUT2D eigenvalue weighted by atomic mass is 14.8. The predicted molar refractivity (Wildman–Crippen MR) is 165 cm³/mol. The standard InChI is InChI=1S/C36H8N10/c1-42-28-9-8-20(11-29(28)43-2)33-35(31(18-41)45-4)25-12-23-24(13-26(25)36(33)46-5)34(30(17-40)44-3)32(27(23)16-39)19-6-7-21(14-37)22(10-19)15-38/h6-13H/b34-30+,35-31-. The van der Waals surface area contributed by atoms with Crippen molar-refractivity contribution in [1.29, 1.82) is 26.3 Å². The van der Waals surface area contributed by atoms with Gasteiger partial charge in [0.1, 0.15) is 18.2 Å². The number of benzene rings is 3. The first-order chi connectivity index (χ1) is 22.4. The highest BCUT2D eigenvalue weighted by molar-refractivity contribution is 6.29. The van der Waals surface area contributed by atoms with Crippen LogP contribution in [0.3, 0.4) is 0 Å². The number of rotatable bonds is 2. The van der Waals surface area contributed by atoms with E-state index < -0.39 is 0 Å². The molecular formula is C36H8N10. The zero-order chi connectivity index (χ0) is 33.1. The maximum atomic E-state index is 10.4. The van der Waals surface area contributed by atoms with Crippen molar-refractivity contribution in [2.45, 2.75) is 0 Å². The van der Waals surface area contributed by atoms with E-state index in [0.717, 1.165) is 0 Å². The highest BCUT2D eigenvalue weighted by Crippen LogP contribution is 2.55. The molecule has 2 aliphatic rings. The summed E-state index contributed by atoms with van der Waals surface area (Å²) in [5.74, 6) is 0. The Morgan fingerprint density at radius 3 is 1.63 bits per heavy atom. The Kier molecular flexibility index (Phi) is 7.21. The van der Waals surface area contributed by atoms with E-state index in [1.54, 1.807) is 0 Å². The maximum Gasteiger partial charge on any atom is 0.270 e. The van der Waals surface area contributed by atoms with Crippen LogP contribution in [0.2, 0.25) is 0 Å². The van der Waals surface area contributed by atoms with E-state index in [-0.39, 0.29) is 89.7 Å². The Morgan fingerprint density at radius 2 is 1.09 bits per heavy atom. The van der Waals surface area contributed by atoms with E-state index in [0.29, 0.717) is 11.1 Å². The molecule has 0 atom stereocenters. The van der Waals surface area contributed by atoms with E-state index in [1.807, 2.05) is 24.3 Å². The third-order valence-corrected chi connectivity index (χ3v) is 7.39. The molecule has 3 aromatic rings. The second-order valence-corrected chi connectivity index (χ2v) is 9.45. The molecule has 0 amide bonds. The third-order valence-electron chi connectivity index (χ3n) is 7.39. The number of nitriles is 5. The van der Waals surface area contributed by atoms with Crippen LogP contribution >= 0.6 is 0 Å². The number of hydrogen-bond donors (Lipinski definition) is 0. The normalized spacial score (nSPS) is 14.2. The van der Waals surface area contributed by atoms with Gasteiger partial charge in [-0.05, 0) is 68.3 Å². The van der Waals surface area contributed by atoms with Crippen molar-refractivity contribution in [3.8, 4) is 30.3 Å². The summed E-state index contributed by atoms with van der Waals surface area (Å²) in [6.45, 7) is 38.5. The van der Waals surface area contributed by atoms with Crippen LogP contribution in [0.25, 0.3) is 57.8 Å². The fourth-order valence-corrected chi connectivity index (χ4v) is 5.52. The second kappa shape index (κ2) is 11.4. The Balaban J connectivity index is 1.93. The second-order valence-electron chi connectivity index (χ2n) is 9.45. The lowest BCUT2D eigenvalue weighted by Gasteiger charge is -2.12. The van der Waals surface area contributed by atoms with Crippen molar-refractivity contribution in [2.75, 3.05) is 0 Å². The van der Waals surface area contributed by atoms with Gasteiger partial charge in [0.2, 0.25) is 5.70 Å². The molecule has 0 unspecified atom stereocenters. The summed E-state index contributed by atoms with van der Waals surface area (Å²) in [5, 5.41) is 49.4. The Hall–Kier alpha value is -8.48. The lowest BCUT2D eigenvalue weighted by molar-refractivity contribution is 1.42. The summed E-state index contributed by atoms with van der Waals surface area (Å²) < 4.78 is 0. The molecule has 10 nitrogen and oxygen atoms in total. The van der Waals surface area contributed by atoms with Gasteiger partial charge in [0.05, 0.1) is 61.7 Å². The largest absolute Gasteiger partial charge is 0.270 e. The summed E-state index contributed by atoms with van der Waals surface area (Å²) in [5.41, 5.74) is 1.83. The van der Waals surface area contributed by atoms with Gasteiger partial charge in [-0.25, -0.2) is 25.1 Å². The van der Waals surface area contributed by atoms with Crippen molar-refractivity contribution in [2.24, 2.45) is 0 Å². The molecule has 0 fully saturated rings. The highest BCUT2D eigenvalue weighted by Gasteiger charge is 2.37. The smallest absolute Gasteiger partial charge is 0.250 e. The summed E-state index contributed by atoms with van der Waals surface area (Å²) in [6.07, 6.45) is 0. The van der Waals surface area contributed by atoms with Crippen LogP contribution in [0.15, 0.2) is 59.9 Å². The van der Waals surface area contributed by atoms with Gasteiger partial charge in [-0.1, -0.05) is 30.3 Å². The molecule has 3 aromatic carbocycles. The molecule has 0 bridgehead atoms. The summed E-state index contributed by atoms with van der Waals surface area (Å²) in [6, 6.07) is 21.5. The van der Waals surface area contributed by atoms with Crippen molar-refractivity contribution >= 4 is 44.9 Å². The minimum absolute atomic E-state index is 0.0166. The van der Waals surface area contributed by atoms with Crippen LogP contribution in [0, 0.1) is 89.5 Å². The number of allylic oxidation sites excluding steroid dienone is 7. The Labute approximate surface area is 262 Å². The zero-order valence-electron chi connectivity index (χ0n) is 23.1. The number of fused-ring (bicyclic) bond motifs is 2. The molecule has 0 saturated heterocycles. The summed E-state index contributed by atoms with van der Waals surface area (Å²) >= 11 is 0. The van der Waals surface area contributed by atoms with E-state index >= 15 is 0 Å².